The molecule has 1 saturated heterocycles. The van der Waals surface area contributed by atoms with Gasteiger partial charge in [-0.3, -0.25) is 9.69 Å². The molecule has 18 heavy (non-hydrogen) atoms. The van der Waals surface area contributed by atoms with Crippen molar-refractivity contribution >= 4 is 11.7 Å². The van der Waals surface area contributed by atoms with Crippen LogP contribution in [0.15, 0.2) is 10.6 Å². The number of hydrogen-bond acceptors (Lipinski definition) is 5. The average molecular weight is 252 g/mol. The number of rotatable bonds is 4. The number of amides is 1. The molecule has 0 radical (unpaired) electrons. The molecule has 1 aromatic heterocycles. The van der Waals surface area contributed by atoms with E-state index < -0.39 is 0 Å². The largest absolute Gasteiger partial charge is 0.360 e. The van der Waals surface area contributed by atoms with Crippen LogP contribution in [0.4, 0.5) is 5.82 Å². The molecule has 1 fully saturated rings. The molecule has 0 spiro atoms. The van der Waals surface area contributed by atoms with Crippen LogP contribution in [0.1, 0.15) is 18.6 Å². The van der Waals surface area contributed by atoms with Crippen LogP contribution >= 0.6 is 0 Å². The summed E-state index contributed by atoms with van der Waals surface area (Å²) in [6.45, 7) is 4.23. The van der Waals surface area contributed by atoms with Gasteiger partial charge in [0.15, 0.2) is 5.82 Å². The first-order valence-corrected chi connectivity index (χ1v) is 6.29. The van der Waals surface area contributed by atoms with Gasteiger partial charge >= 0.3 is 0 Å². The summed E-state index contributed by atoms with van der Waals surface area (Å²) in [6.07, 6.45) is 2.18. The molecule has 1 amide bonds. The molecule has 0 bridgehead atoms. The molecule has 0 unspecified atom stereocenters. The summed E-state index contributed by atoms with van der Waals surface area (Å²) in [7, 11) is 1.99. The van der Waals surface area contributed by atoms with E-state index in [9.17, 15) is 4.79 Å². The third kappa shape index (κ3) is 3.54. The summed E-state index contributed by atoms with van der Waals surface area (Å²) >= 11 is 0. The molecule has 100 valence electrons. The Morgan fingerprint density at radius 2 is 2.33 bits per heavy atom. The Kier molecular flexibility index (Phi) is 4.33. The second-order valence-electron chi connectivity index (χ2n) is 4.77. The topological polar surface area (TPSA) is 70.4 Å². The van der Waals surface area contributed by atoms with Gasteiger partial charge in [0, 0.05) is 12.1 Å². The molecular formula is C12H20N4O2. The van der Waals surface area contributed by atoms with E-state index in [1.807, 2.05) is 7.05 Å². The molecule has 0 atom stereocenters. The molecular weight excluding hydrogens is 232 g/mol. The van der Waals surface area contributed by atoms with E-state index in [1.54, 1.807) is 13.0 Å². The van der Waals surface area contributed by atoms with Crippen LogP contribution in [0.5, 0.6) is 0 Å². The van der Waals surface area contributed by atoms with Gasteiger partial charge in [-0.25, -0.2) is 0 Å². The molecule has 0 aromatic carbocycles. The fraction of sp³-hybridized carbons (Fsp3) is 0.667. The number of aryl methyl sites for hydroxylation is 1. The lowest BCUT2D eigenvalue weighted by Gasteiger charge is -2.30. The van der Waals surface area contributed by atoms with E-state index >= 15 is 0 Å². The van der Waals surface area contributed by atoms with Crippen LogP contribution in [-0.4, -0.2) is 48.7 Å². The predicted octanol–water partition coefficient (Wildman–Crippen LogP) is 0.605. The molecule has 0 aliphatic carbocycles. The van der Waals surface area contributed by atoms with E-state index in [-0.39, 0.29) is 5.91 Å². The molecule has 0 saturated carbocycles. The van der Waals surface area contributed by atoms with E-state index in [0.29, 0.717) is 24.2 Å². The van der Waals surface area contributed by atoms with Crippen LogP contribution in [0.25, 0.3) is 0 Å². The molecule has 1 aliphatic heterocycles. The highest BCUT2D eigenvalue weighted by Gasteiger charge is 2.19. The number of likely N-dealkylation sites (N-methyl/N-ethyl adjacent to an activating group) is 1. The van der Waals surface area contributed by atoms with Gasteiger partial charge in [0.1, 0.15) is 5.76 Å². The zero-order valence-electron chi connectivity index (χ0n) is 10.9. The van der Waals surface area contributed by atoms with E-state index in [2.05, 4.69) is 20.7 Å². The zero-order chi connectivity index (χ0) is 13.0. The maximum atomic E-state index is 11.8. The maximum absolute atomic E-state index is 11.8. The van der Waals surface area contributed by atoms with E-state index in [0.717, 1.165) is 25.9 Å². The minimum absolute atomic E-state index is 0.0515. The minimum atomic E-state index is -0.0515. The van der Waals surface area contributed by atoms with Gasteiger partial charge in [-0.05, 0) is 39.9 Å². The van der Waals surface area contributed by atoms with Crippen LogP contribution in [0, 0.1) is 6.92 Å². The third-order valence-electron chi connectivity index (χ3n) is 3.22. The SMILES string of the molecule is Cc1cc(NC(=O)CN(C)C2CCNCC2)no1. The van der Waals surface area contributed by atoms with Gasteiger partial charge in [0.25, 0.3) is 0 Å². The first-order valence-electron chi connectivity index (χ1n) is 6.29. The number of carbonyl (C=O) groups excluding carboxylic acids is 1. The smallest absolute Gasteiger partial charge is 0.239 e. The maximum Gasteiger partial charge on any atom is 0.239 e. The first kappa shape index (κ1) is 13.0. The number of nitrogens with one attached hydrogen (secondary N) is 2. The summed E-state index contributed by atoms with van der Waals surface area (Å²) in [5.74, 6) is 1.12. The Hall–Kier alpha value is -1.40. The summed E-state index contributed by atoms with van der Waals surface area (Å²) in [5, 5.41) is 9.79. The molecule has 2 rings (SSSR count). The average Bonchev–Trinajstić information content (AvgIpc) is 2.75. The second-order valence-corrected chi connectivity index (χ2v) is 4.77. The fourth-order valence-corrected chi connectivity index (χ4v) is 2.21. The van der Waals surface area contributed by atoms with Crippen molar-refractivity contribution in [3.63, 3.8) is 0 Å². The van der Waals surface area contributed by atoms with Crippen molar-refractivity contribution in [3.05, 3.63) is 11.8 Å². The van der Waals surface area contributed by atoms with Gasteiger partial charge in [-0.2, -0.15) is 0 Å². The van der Waals surface area contributed by atoms with Gasteiger partial charge in [0.05, 0.1) is 6.54 Å². The number of piperidine rings is 1. The normalized spacial score (nSPS) is 17.1. The second kappa shape index (κ2) is 5.97. The molecule has 6 nitrogen and oxygen atoms in total. The minimum Gasteiger partial charge on any atom is -0.360 e. The molecule has 6 heteroatoms. The van der Waals surface area contributed by atoms with Crippen LogP contribution in [0.2, 0.25) is 0 Å². The number of hydrogen-bond donors (Lipinski definition) is 2. The molecule has 2 heterocycles. The van der Waals surface area contributed by atoms with Gasteiger partial charge in [-0.15, -0.1) is 0 Å². The zero-order valence-corrected chi connectivity index (χ0v) is 10.9. The van der Waals surface area contributed by atoms with Gasteiger partial charge in [-0.1, -0.05) is 5.16 Å². The predicted molar refractivity (Wildman–Crippen MR) is 68.4 cm³/mol. The van der Waals surface area contributed by atoms with Gasteiger partial charge < -0.3 is 15.2 Å². The summed E-state index contributed by atoms with van der Waals surface area (Å²) in [5.41, 5.74) is 0. The van der Waals surface area contributed by atoms with Crippen LogP contribution in [0.3, 0.4) is 0 Å². The van der Waals surface area contributed by atoms with Crippen LogP contribution in [-0.2, 0) is 4.79 Å². The lowest BCUT2D eigenvalue weighted by molar-refractivity contribution is -0.117. The Labute approximate surface area is 107 Å². The lowest BCUT2D eigenvalue weighted by Crippen LogP contribution is -2.44. The Bertz CT molecular complexity index is 399. The number of carbonyl (C=O) groups is 1. The van der Waals surface area contributed by atoms with Crippen molar-refractivity contribution < 1.29 is 9.32 Å². The summed E-state index contributed by atoms with van der Waals surface area (Å²) in [6, 6.07) is 2.19. The fourth-order valence-electron chi connectivity index (χ4n) is 2.21. The van der Waals surface area contributed by atoms with Crippen molar-refractivity contribution in [2.45, 2.75) is 25.8 Å². The van der Waals surface area contributed by atoms with Crippen molar-refractivity contribution in [1.29, 1.82) is 0 Å². The molecule has 1 aliphatic rings. The molecule has 1 aromatic rings. The highest BCUT2D eigenvalue weighted by Crippen LogP contribution is 2.10. The quantitative estimate of drug-likeness (QED) is 0.821. The third-order valence-corrected chi connectivity index (χ3v) is 3.22. The highest BCUT2D eigenvalue weighted by molar-refractivity contribution is 5.91. The van der Waals surface area contributed by atoms with Crippen LogP contribution < -0.4 is 10.6 Å². The Morgan fingerprint density at radius 1 is 1.61 bits per heavy atom. The van der Waals surface area contributed by atoms with Crippen molar-refractivity contribution in [3.8, 4) is 0 Å². The van der Waals surface area contributed by atoms with Gasteiger partial charge in [0.2, 0.25) is 5.91 Å². The van der Waals surface area contributed by atoms with Crippen molar-refractivity contribution in [2.75, 3.05) is 32.0 Å². The van der Waals surface area contributed by atoms with Crippen molar-refractivity contribution in [2.24, 2.45) is 0 Å². The lowest BCUT2D eigenvalue weighted by atomic mass is 10.1. The van der Waals surface area contributed by atoms with Crippen molar-refractivity contribution in [1.82, 2.24) is 15.4 Å². The first-order chi connectivity index (χ1) is 8.65. The number of aromatic nitrogens is 1. The highest BCUT2D eigenvalue weighted by atomic mass is 16.5. The van der Waals surface area contributed by atoms with E-state index in [4.69, 9.17) is 4.52 Å². The summed E-state index contributed by atoms with van der Waals surface area (Å²) < 4.78 is 4.90. The molecule has 2 N–H and O–H groups in total. The standard InChI is InChI=1S/C12H20N4O2/c1-9-7-11(15-18-9)14-12(17)8-16(2)10-3-5-13-6-4-10/h7,10,13H,3-6,8H2,1-2H3,(H,14,15,17). The Balaban J connectivity index is 1.79. The monoisotopic (exact) mass is 252 g/mol. The Morgan fingerprint density at radius 3 is 2.94 bits per heavy atom. The number of nitrogens with zero attached hydrogens (tertiary/aromatic N) is 2. The van der Waals surface area contributed by atoms with E-state index in [1.165, 1.54) is 0 Å². The summed E-state index contributed by atoms with van der Waals surface area (Å²) in [4.78, 5) is 13.9. The number of anilines is 1.